The number of benzene rings is 1. The number of hydrogen-bond acceptors (Lipinski definition) is 4. The lowest BCUT2D eigenvalue weighted by molar-refractivity contribution is 0.0129. The minimum Gasteiger partial charge on any atom is -0.506 e. The van der Waals surface area contributed by atoms with E-state index in [0.29, 0.717) is 18.5 Å². The molecule has 1 atom stereocenters. The zero-order valence-electron chi connectivity index (χ0n) is 8.53. The van der Waals surface area contributed by atoms with E-state index in [1.165, 1.54) is 6.07 Å². The van der Waals surface area contributed by atoms with Crippen LogP contribution in [0.2, 0.25) is 0 Å². The standard InChI is InChI=1S/C11H16N2O2/c12-10-8(3-1-4-9(10)14)11(15)5-2-6-13-7-11/h1,3-4,13-15H,2,5-7,12H2. The molecule has 0 bridgehead atoms. The predicted octanol–water partition coefficient (Wildman–Crippen LogP) is 0.545. The Labute approximate surface area is 88.7 Å². The first-order valence-corrected chi connectivity index (χ1v) is 5.14. The van der Waals surface area contributed by atoms with Crippen LogP contribution in [0.1, 0.15) is 18.4 Å². The van der Waals surface area contributed by atoms with E-state index in [2.05, 4.69) is 5.32 Å². The van der Waals surface area contributed by atoms with E-state index in [9.17, 15) is 10.2 Å². The Hall–Kier alpha value is -1.26. The number of phenols is 1. The third kappa shape index (κ3) is 1.78. The van der Waals surface area contributed by atoms with Gasteiger partial charge in [0.2, 0.25) is 0 Å². The number of piperidine rings is 1. The van der Waals surface area contributed by atoms with Crippen LogP contribution in [0.4, 0.5) is 5.69 Å². The zero-order chi connectivity index (χ0) is 10.9. The van der Waals surface area contributed by atoms with E-state index in [1.54, 1.807) is 12.1 Å². The van der Waals surface area contributed by atoms with Gasteiger partial charge in [-0.05, 0) is 25.5 Å². The van der Waals surface area contributed by atoms with Gasteiger partial charge in [-0.15, -0.1) is 0 Å². The molecule has 4 heteroatoms. The molecule has 5 N–H and O–H groups in total. The molecule has 4 nitrogen and oxygen atoms in total. The summed E-state index contributed by atoms with van der Waals surface area (Å²) in [7, 11) is 0. The maximum absolute atomic E-state index is 10.4. The molecule has 1 heterocycles. The van der Waals surface area contributed by atoms with Crippen molar-refractivity contribution < 1.29 is 10.2 Å². The highest BCUT2D eigenvalue weighted by Crippen LogP contribution is 2.35. The summed E-state index contributed by atoms with van der Waals surface area (Å²) in [5, 5.41) is 23.0. The average Bonchev–Trinajstić information content (AvgIpc) is 2.23. The number of aliphatic hydroxyl groups is 1. The van der Waals surface area contributed by atoms with Gasteiger partial charge in [-0.1, -0.05) is 12.1 Å². The largest absolute Gasteiger partial charge is 0.506 e. The SMILES string of the molecule is Nc1c(O)cccc1C1(O)CCCNC1. The molecule has 1 aromatic rings. The van der Waals surface area contributed by atoms with E-state index in [-0.39, 0.29) is 11.4 Å². The molecule has 0 aromatic heterocycles. The monoisotopic (exact) mass is 208 g/mol. The summed E-state index contributed by atoms with van der Waals surface area (Å²) < 4.78 is 0. The maximum atomic E-state index is 10.4. The molecule has 0 spiro atoms. The number of nitrogens with one attached hydrogen (secondary N) is 1. The molecule has 0 radical (unpaired) electrons. The summed E-state index contributed by atoms with van der Waals surface area (Å²) in [5.74, 6) is 0.0338. The van der Waals surface area contributed by atoms with E-state index in [1.807, 2.05) is 0 Å². The summed E-state index contributed by atoms with van der Waals surface area (Å²) in [6, 6.07) is 4.99. The van der Waals surface area contributed by atoms with Crippen LogP contribution in [0.3, 0.4) is 0 Å². The highest BCUT2D eigenvalue weighted by Gasteiger charge is 2.33. The average molecular weight is 208 g/mol. The van der Waals surface area contributed by atoms with Gasteiger partial charge in [-0.2, -0.15) is 0 Å². The molecule has 1 aliphatic heterocycles. The van der Waals surface area contributed by atoms with Gasteiger partial charge in [0.1, 0.15) is 11.4 Å². The molecule has 15 heavy (non-hydrogen) atoms. The van der Waals surface area contributed by atoms with Gasteiger partial charge in [-0.25, -0.2) is 0 Å². The second-order valence-electron chi connectivity index (χ2n) is 4.05. The van der Waals surface area contributed by atoms with Crippen molar-refractivity contribution in [3.63, 3.8) is 0 Å². The fraction of sp³-hybridized carbons (Fsp3) is 0.455. The Kier molecular flexibility index (Phi) is 2.54. The Morgan fingerprint density at radius 3 is 2.87 bits per heavy atom. The molecule has 0 saturated carbocycles. The summed E-state index contributed by atoms with van der Waals surface area (Å²) in [4.78, 5) is 0. The van der Waals surface area contributed by atoms with Crippen LogP contribution in [-0.4, -0.2) is 23.3 Å². The summed E-state index contributed by atoms with van der Waals surface area (Å²) in [6.07, 6.45) is 1.58. The number of phenolic OH excluding ortho intramolecular Hbond substituents is 1. The van der Waals surface area contributed by atoms with Crippen LogP contribution in [0, 0.1) is 0 Å². The molecule has 1 unspecified atom stereocenters. The second-order valence-corrected chi connectivity index (χ2v) is 4.05. The van der Waals surface area contributed by atoms with Crippen molar-refractivity contribution in [1.82, 2.24) is 5.32 Å². The number of nitrogens with two attached hydrogens (primary N) is 1. The topological polar surface area (TPSA) is 78.5 Å². The number of para-hydroxylation sites is 1. The Morgan fingerprint density at radius 2 is 2.20 bits per heavy atom. The Morgan fingerprint density at radius 1 is 1.40 bits per heavy atom. The second kappa shape index (κ2) is 3.72. The Balaban J connectivity index is 2.39. The highest BCUT2D eigenvalue weighted by molar-refractivity contribution is 5.59. The lowest BCUT2D eigenvalue weighted by atomic mass is 9.85. The van der Waals surface area contributed by atoms with Crippen molar-refractivity contribution in [2.75, 3.05) is 18.8 Å². The number of aromatic hydroxyl groups is 1. The molecule has 1 aliphatic rings. The van der Waals surface area contributed by atoms with E-state index >= 15 is 0 Å². The van der Waals surface area contributed by atoms with Crippen molar-refractivity contribution in [2.24, 2.45) is 0 Å². The zero-order valence-corrected chi connectivity index (χ0v) is 8.53. The van der Waals surface area contributed by atoms with E-state index in [4.69, 9.17) is 5.73 Å². The van der Waals surface area contributed by atoms with Gasteiger partial charge >= 0.3 is 0 Å². The smallest absolute Gasteiger partial charge is 0.138 e. The molecule has 82 valence electrons. The van der Waals surface area contributed by atoms with Crippen LogP contribution in [0.15, 0.2) is 18.2 Å². The van der Waals surface area contributed by atoms with Crippen LogP contribution in [0.25, 0.3) is 0 Å². The van der Waals surface area contributed by atoms with Crippen LogP contribution in [-0.2, 0) is 5.60 Å². The van der Waals surface area contributed by atoms with Crippen molar-refractivity contribution >= 4 is 5.69 Å². The molecular formula is C11H16N2O2. The van der Waals surface area contributed by atoms with E-state index in [0.717, 1.165) is 13.0 Å². The van der Waals surface area contributed by atoms with Crippen LogP contribution in [0.5, 0.6) is 5.75 Å². The van der Waals surface area contributed by atoms with Gasteiger partial charge in [0.25, 0.3) is 0 Å². The third-order valence-corrected chi connectivity index (χ3v) is 2.95. The van der Waals surface area contributed by atoms with Crippen molar-refractivity contribution in [3.05, 3.63) is 23.8 Å². The summed E-state index contributed by atoms with van der Waals surface area (Å²) >= 11 is 0. The van der Waals surface area contributed by atoms with Gasteiger partial charge in [0.05, 0.1) is 5.69 Å². The minimum absolute atomic E-state index is 0.0338. The van der Waals surface area contributed by atoms with Gasteiger partial charge in [-0.3, -0.25) is 0 Å². The molecule has 0 amide bonds. The molecular weight excluding hydrogens is 192 g/mol. The van der Waals surface area contributed by atoms with Crippen LogP contribution >= 0.6 is 0 Å². The first-order chi connectivity index (χ1) is 7.13. The fourth-order valence-corrected chi connectivity index (χ4v) is 2.08. The van der Waals surface area contributed by atoms with Crippen molar-refractivity contribution in [3.8, 4) is 5.75 Å². The number of β-amino-alcohol motifs (C(OH)–C–C–N with tert-alkyl or cyclic N) is 1. The van der Waals surface area contributed by atoms with Gasteiger partial charge < -0.3 is 21.3 Å². The minimum atomic E-state index is -0.943. The molecule has 1 saturated heterocycles. The summed E-state index contributed by atoms with van der Waals surface area (Å²) in [6.45, 7) is 1.40. The lowest BCUT2D eigenvalue weighted by Gasteiger charge is -2.34. The summed E-state index contributed by atoms with van der Waals surface area (Å²) in [5.41, 5.74) is 5.72. The number of rotatable bonds is 1. The third-order valence-electron chi connectivity index (χ3n) is 2.95. The fourth-order valence-electron chi connectivity index (χ4n) is 2.08. The quantitative estimate of drug-likeness (QED) is 0.401. The lowest BCUT2D eigenvalue weighted by Crippen LogP contribution is -2.43. The molecule has 1 aromatic carbocycles. The highest BCUT2D eigenvalue weighted by atomic mass is 16.3. The predicted molar refractivity (Wildman–Crippen MR) is 58.5 cm³/mol. The first kappa shape index (κ1) is 10.3. The number of anilines is 1. The molecule has 0 aliphatic carbocycles. The van der Waals surface area contributed by atoms with Gasteiger partial charge in [0.15, 0.2) is 0 Å². The first-order valence-electron chi connectivity index (χ1n) is 5.14. The maximum Gasteiger partial charge on any atom is 0.138 e. The van der Waals surface area contributed by atoms with Crippen molar-refractivity contribution in [1.29, 1.82) is 0 Å². The van der Waals surface area contributed by atoms with Gasteiger partial charge in [0, 0.05) is 12.1 Å². The molecule has 2 rings (SSSR count). The molecule has 1 fully saturated rings. The Bertz CT molecular complexity index is 360. The van der Waals surface area contributed by atoms with Crippen LogP contribution < -0.4 is 11.1 Å². The number of hydrogen-bond donors (Lipinski definition) is 4. The van der Waals surface area contributed by atoms with E-state index < -0.39 is 5.60 Å². The normalized spacial score (nSPS) is 26.5. The number of nitrogen functional groups attached to an aromatic ring is 1. The van der Waals surface area contributed by atoms with Crippen molar-refractivity contribution in [2.45, 2.75) is 18.4 Å².